The highest BCUT2D eigenvalue weighted by Crippen LogP contribution is 2.21. The Morgan fingerprint density at radius 3 is 2.31 bits per heavy atom. The summed E-state index contributed by atoms with van der Waals surface area (Å²) < 4.78 is 0. The van der Waals surface area contributed by atoms with Crippen molar-refractivity contribution in [3.63, 3.8) is 0 Å². The maximum Gasteiger partial charge on any atom is 0.0853 e. The zero-order chi connectivity index (χ0) is 8.93. The van der Waals surface area contributed by atoms with E-state index in [1.54, 1.807) is 0 Å². The topological polar surface area (TPSA) is 15.6 Å². The van der Waals surface area contributed by atoms with E-state index in [0.29, 0.717) is 0 Å². The quantitative estimate of drug-likeness (QED) is 0.605. The Bertz CT molecular complexity index is 169. The second-order valence-electron chi connectivity index (χ2n) is 4.26. The van der Waals surface area contributed by atoms with E-state index in [0.717, 1.165) is 12.6 Å². The molecule has 0 aromatic carbocycles. The number of hydrogen-bond donors (Lipinski definition) is 0. The smallest absolute Gasteiger partial charge is 0.0853 e. The van der Waals surface area contributed by atoms with Crippen LogP contribution in [0.1, 0.15) is 44.9 Å². The summed E-state index contributed by atoms with van der Waals surface area (Å²) >= 11 is 0. The van der Waals surface area contributed by atoms with Crippen molar-refractivity contribution in [3.8, 4) is 0 Å². The molecule has 1 fully saturated rings. The molecule has 0 radical (unpaired) electrons. The average Bonchev–Trinajstić information content (AvgIpc) is 2.55. The minimum atomic E-state index is 0.812. The largest absolute Gasteiger partial charge is 0.358 e. The van der Waals surface area contributed by atoms with Gasteiger partial charge in [-0.15, -0.1) is 0 Å². The molecule has 1 saturated carbocycles. The van der Waals surface area contributed by atoms with Crippen molar-refractivity contribution < 1.29 is 0 Å². The van der Waals surface area contributed by atoms with Crippen molar-refractivity contribution in [1.82, 2.24) is 4.90 Å². The minimum absolute atomic E-state index is 0.812. The summed E-state index contributed by atoms with van der Waals surface area (Å²) in [5, 5.41) is 0. The molecule has 2 nitrogen and oxygen atoms in total. The summed E-state index contributed by atoms with van der Waals surface area (Å²) in [5.74, 6) is 0. The zero-order valence-corrected chi connectivity index (χ0v) is 8.41. The molecule has 0 aromatic heterocycles. The molecule has 2 aliphatic rings. The summed E-state index contributed by atoms with van der Waals surface area (Å²) in [6.45, 7) is 2.20. The van der Waals surface area contributed by atoms with E-state index in [2.05, 4.69) is 16.2 Å². The van der Waals surface area contributed by atoms with Gasteiger partial charge in [0.25, 0.3) is 0 Å². The monoisotopic (exact) mass is 180 g/mol. The Hall–Kier alpha value is -0.530. The van der Waals surface area contributed by atoms with Crippen LogP contribution in [0.5, 0.6) is 0 Å². The fourth-order valence-electron chi connectivity index (χ4n) is 2.44. The van der Waals surface area contributed by atoms with E-state index in [-0.39, 0.29) is 0 Å². The second kappa shape index (κ2) is 4.64. The van der Waals surface area contributed by atoms with Crippen LogP contribution >= 0.6 is 0 Å². The van der Waals surface area contributed by atoms with Gasteiger partial charge in [-0.25, -0.2) is 0 Å². The van der Waals surface area contributed by atoms with Crippen LogP contribution in [0.4, 0.5) is 0 Å². The van der Waals surface area contributed by atoms with Crippen LogP contribution in [-0.4, -0.2) is 30.4 Å². The summed E-state index contributed by atoms with van der Waals surface area (Å²) in [7, 11) is 0. The Labute approximate surface area is 81.0 Å². The van der Waals surface area contributed by atoms with Gasteiger partial charge >= 0.3 is 0 Å². The second-order valence-corrected chi connectivity index (χ2v) is 4.26. The number of aliphatic imine (C=N–C) groups is 1. The van der Waals surface area contributed by atoms with Crippen LogP contribution < -0.4 is 0 Å². The van der Waals surface area contributed by atoms with Crippen LogP contribution in [-0.2, 0) is 0 Å². The van der Waals surface area contributed by atoms with E-state index < -0.39 is 0 Å². The van der Waals surface area contributed by atoms with Crippen molar-refractivity contribution in [2.75, 3.05) is 13.1 Å². The van der Waals surface area contributed by atoms with Gasteiger partial charge < -0.3 is 4.90 Å². The first-order chi connectivity index (χ1) is 6.47. The van der Waals surface area contributed by atoms with Gasteiger partial charge in [-0.1, -0.05) is 32.1 Å². The third-order valence-corrected chi connectivity index (χ3v) is 3.26. The standard InChI is InChI=1S/C11H20N2/c1-2-4-6-11(7-5-3-1)13-9-8-12-10-13/h10-11H,1-9H2. The van der Waals surface area contributed by atoms with Crippen molar-refractivity contribution in [2.45, 2.75) is 51.0 Å². The number of hydrogen-bond acceptors (Lipinski definition) is 2. The predicted octanol–water partition coefficient (Wildman–Crippen LogP) is 2.44. The van der Waals surface area contributed by atoms with Crippen LogP contribution in [0.3, 0.4) is 0 Å². The van der Waals surface area contributed by atoms with Gasteiger partial charge in [0.05, 0.1) is 12.9 Å². The SMILES string of the molecule is C1=NCCN1C1CCCCCCC1. The Balaban J connectivity index is 1.84. The molecule has 2 heteroatoms. The van der Waals surface area contributed by atoms with Gasteiger partial charge in [0.15, 0.2) is 0 Å². The van der Waals surface area contributed by atoms with Crippen molar-refractivity contribution in [2.24, 2.45) is 4.99 Å². The number of rotatable bonds is 1. The van der Waals surface area contributed by atoms with Gasteiger partial charge in [-0.3, -0.25) is 4.99 Å². The van der Waals surface area contributed by atoms with Crippen LogP contribution in [0.15, 0.2) is 4.99 Å². The molecule has 0 saturated heterocycles. The fourth-order valence-corrected chi connectivity index (χ4v) is 2.44. The lowest BCUT2D eigenvalue weighted by atomic mass is 9.96. The van der Waals surface area contributed by atoms with Gasteiger partial charge in [0.1, 0.15) is 0 Å². The van der Waals surface area contributed by atoms with E-state index in [4.69, 9.17) is 0 Å². The summed E-state index contributed by atoms with van der Waals surface area (Å²) in [5.41, 5.74) is 0. The predicted molar refractivity (Wildman–Crippen MR) is 56.2 cm³/mol. The van der Waals surface area contributed by atoms with Crippen LogP contribution in [0.2, 0.25) is 0 Å². The van der Waals surface area contributed by atoms with E-state index in [9.17, 15) is 0 Å². The Morgan fingerprint density at radius 2 is 1.69 bits per heavy atom. The van der Waals surface area contributed by atoms with Crippen molar-refractivity contribution >= 4 is 6.34 Å². The summed E-state index contributed by atoms with van der Waals surface area (Å²) in [4.78, 5) is 6.76. The minimum Gasteiger partial charge on any atom is -0.358 e. The molecule has 0 unspecified atom stereocenters. The number of nitrogens with zero attached hydrogens (tertiary/aromatic N) is 2. The molecule has 0 aromatic rings. The lowest BCUT2D eigenvalue weighted by Gasteiger charge is -2.28. The molecular weight excluding hydrogens is 160 g/mol. The van der Waals surface area contributed by atoms with Crippen LogP contribution in [0, 0.1) is 0 Å². The maximum atomic E-state index is 4.29. The normalized spacial score (nSPS) is 26.0. The van der Waals surface area contributed by atoms with Crippen molar-refractivity contribution in [3.05, 3.63) is 0 Å². The van der Waals surface area contributed by atoms with Gasteiger partial charge in [-0.2, -0.15) is 0 Å². The highest BCUT2D eigenvalue weighted by Gasteiger charge is 2.18. The molecule has 0 atom stereocenters. The Kier molecular flexibility index (Phi) is 3.22. The highest BCUT2D eigenvalue weighted by molar-refractivity contribution is 5.57. The first kappa shape index (κ1) is 9.04. The molecule has 0 N–H and O–H groups in total. The first-order valence-electron chi connectivity index (χ1n) is 5.72. The molecule has 74 valence electrons. The summed E-state index contributed by atoms with van der Waals surface area (Å²) in [6.07, 6.45) is 12.1. The molecule has 0 bridgehead atoms. The average molecular weight is 180 g/mol. The van der Waals surface area contributed by atoms with Gasteiger partial charge in [0.2, 0.25) is 0 Å². The van der Waals surface area contributed by atoms with Gasteiger partial charge in [-0.05, 0) is 12.8 Å². The Morgan fingerprint density at radius 1 is 1.00 bits per heavy atom. The molecule has 0 spiro atoms. The highest BCUT2D eigenvalue weighted by atomic mass is 15.2. The molecule has 1 aliphatic carbocycles. The lowest BCUT2D eigenvalue weighted by molar-refractivity contribution is 0.280. The van der Waals surface area contributed by atoms with Crippen LogP contribution in [0.25, 0.3) is 0 Å². The lowest BCUT2D eigenvalue weighted by Crippen LogP contribution is -2.33. The van der Waals surface area contributed by atoms with Crippen molar-refractivity contribution in [1.29, 1.82) is 0 Å². The molecule has 0 amide bonds. The van der Waals surface area contributed by atoms with Gasteiger partial charge in [0, 0.05) is 12.6 Å². The molecule has 1 aliphatic heterocycles. The summed E-state index contributed by atoms with van der Waals surface area (Å²) in [6, 6.07) is 0.812. The third-order valence-electron chi connectivity index (χ3n) is 3.26. The molecule has 2 rings (SSSR count). The third kappa shape index (κ3) is 2.45. The molecular formula is C11H20N2. The molecule has 1 heterocycles. The fraction of sp³-hybridized carbons (Fsp3) is 0.909. The first-order valence-corrected chi connectivity index (χ1v) is 5.72. The molecule has 13 heavy (non-hydrogen) atoms. The zero-order valence-electron chi connectivity index (χ0n) is 8.41. The maximum absolute atomic E-state index is 4.29. The van der Waals surface area contributed by atoms with E-state index in [1.165, 1.54) is 51.5 Å². The van der Waals surface area contributed by atoms with E-state index in [1.807, 2.05) is 0 Å². The van der Waals surface area contributed by atoms with E-state index >= 15 is 0 Å².